The molecule has 2 atom stereocenters. The van der Waals surface area contributed by atoms with E-state index >= 15 is 0 Å². The zero-order valence-electron chi connectivity index (χ0n) is 16.4. The third-order valence-electron chi connectivity index (χ3n) is 5.03. The summed E-state index contributed by atoms with van der Waals surface area (Å²) >= 11 is 0. The zero-order valence-corrected chi connectivity index (χ0v) is 16.4. The van der Waals surface area contributed by atoms with E-state index in [-0.39, 0.29) is 11.4 Å². The molecule has 0 N–H and O–H groups in total. The SMILES string of the molecule is CC1=NN(c2ccccc2)C(=O)C1C(=O)C(=O)C1C(=O)N(c2ccccc2)N=C1C. The van der Waals surface area contributed by atoms with Crippen LogP contribution in [0, 0.1) is 11.8 Å². The number of hydrazone groups is 2. The maximum absolute atomic E-state index is 13.0. The van der Waals surface area contributed by atoms with Crippen molar-refractivity contribution in [3.63, 3.8) is 0 Å². The summed E-state index contributed by atoms with van der Waals surface area (Å²) < 4.78 is 0. The highest BCUT2D eigenvalue weighted by Crippen LogP contribution is 2.28. The van der Waals surface area contributed by atoms with Gasteiger partial charge < -0.3 is 0 Å². The Bertz CT molecular complexity index is 1020. The van der Waals surface area contributed by atoms with Gasteiger partial charge >= 0.3 is 0 Å². The lowest BCUT2D eigenvalue weighted by molar-refractivity contribution is -0.143. The molecule has 0 aromatic heterocycles. The Balaban J connectivity index is 1.56. The first kappa shape index (κ1) is 19.4. The van der Waals surface area contributed by atoms with Crippen LogP contribution >= 0.6 is 0 Å². The van der Waals surface area contributed by atoms with Crippen LogP contribution in [-0.2, 0) is 19.2 Å². The lowest BCUT2D eigenvalue weighted by atomic mass is 9.88. The van der Waals surface area contributed by atoms with E-state index < -0.39 is 35.2 Å². The summed E-state index contributed by atoms with van der Waals surface area (Å²) in [6.07, 6.45) is 0. The van der Waals surface area contributed by atoms with Crippen molar-refractivity contribution in [1.29, 1.82) is 0 Å². The summed E-state index contributed by atoms with van der Waals surface area (Å²) in [6, 6.07) is 17.3. The molecule has 0 spiro atoms. The van der Waals surface area contributed by atoms with E-state index in [9.17, 15) is 19.2 Å². The highest BCUT2D eigenvalue weighted by molar-refractivity contribution is 6.54. The van der Waals surface area contributed by atoms with Crippen LogP contribution < -0.4 is 10.0 Å². The molecule has 8 heteroatoms. The molecular formula is C22H18N4O4. The average Bonchev–Trinajstić information content (AvgIpc) is 3.23. The van der Waals surface area contributed by atoms with Crippen LogP contribution in [0.1, 0.15) is 13.8 Å². The number of rotatable bonds is 5. The quantitative estimate of drug-likeness (QED) is 0.565. The summed E-state index contributed by atoms with van der Waals surface area (Å²) in [7, 11) is 0. The third-order valence-corrected chi connectivity index (χ3v) is 5.03. The van der Waals surface area contributed by atoms with Gasteiger partial charge in [0.1, 0.15) is 11.8 Å². The van der Waals surface area contributed by atoms with Gasteiger partial charge in [0.2, 0.25) is 11.6 Å². The summed E-state index contributed by atoms with van der Waals surface area (Å²) in [5.41, 5.74) is 1.41. The molecule has 2 aromatic carbocycles. The highest BCUT2D eigenvalue weighted by atomic mass is 16.2. The zero-order chi connectivity index (χ0) is 21.4. The van der Waals surface area contributed by atoms with Gasteiger partial charge in [0, 0.05) is 0 Å². The van der Waals surface area contributed by atoms with Crippen molar-refractivity contribution in [2.45, 2.75) is 13.8 Å². The van der Waals surface area contributed by atoms with Gasteiger partial charge in [-0.25, -0.2) is 0 Å². The van der Waals surface area contributed by atoms with Crippen molar-refractivity contribution < 1.29 is 19.2 Å². The number of benzene rings is 2. The number of nitrogens with zero attached hydrogens (tertiary/aromatic N) is 4. The van der Waals surface area contributed by atoms with Crippen LogP contribution in [0.25, 0.3) is 0 Å². The molecule has 2 aromatic rings. The van der Waals surface area contributed by atoms with E-state index in [0.29, 0.717) is 11.4 Å². The standard InChI is InChI=1S/C22H18N4O4/c1-13-17(21(29)25(23-13)15-9-5-3-6-10-15)19(27)20(28)18-14(2)24-26(22(18)30)16-11-7-4-8-12-16/h3-12,17-18H,1-2H3. The molecule has 30 heavy (non-hydrogen) atoms. The molecule has 8 nitrogen and oxygen atoms in total. The van der Waals surface area contributed by atoms with Crippen LogP contribution in [-0.4, -0.2) is 34.8 Å². The molecule has 4 rings (SSSR count). The second-order valence-electron chi connectivity index (χ2n) is 7.05. The first-order valence-corrected chi connectivity index (χ1v) is 9.36. The molecule has 0 radical (unpaired) electrons. The average molecular weight is 402 g/mol. The monoisotopic (exact) mass is 402 g/mol. The van der Waals surface area contributed by atoms with Gasteiger partial charge in [-0.1, -0.05) is 36.4 Å². The van der Waals surface area contributed by atoms with Crippen molar-refractivity contribution in [2.24, 2.45) is 22.0 Å². The van der Waals surface area contributed by atoms with Gasteiger partial charge in [-0.2, -0.15) is 20.2 Å². The van der Waals surface area contributed by atoms with Crippen LogP contribution in [0.3, 0.4) is 0 Å². The molecule has 0 saturated heterocycles. The Morgan fingerprint density at radius 3 is 1.33 bits per heavy atom. The molecule has 2 aliphatic rings. The molecular weight excluding hydrogens is 384 g/mol. The summed E-state index contributed by atoms with van der Waals surface area (Å²) in [4.78, 5) is 51.6. The lowest BCUT2D eigenvalue weighted by Gasteiger charge is -2.15. The fraction of sp³-hybridized carbons (Fsp3) is 0.182. The van der Waals surface area contributed by atoms with E-state index in [2.05, 4.69) is 10.2 Å². The highest BCUT2D eigenvalue weighted by Gasteiger charge is 2.48. The maximum Gasteiger partial charge on any atom is 0.264 e. The van der Waals surface area contributed by atoms with Crippen LogP contribution in [0.5, 0.6) is 0 Å². The number of amides is 2. The van der Waals surface area contributed by atoms with Gasteiger partial charge in [-0.15, -0.1) is 0 Å². The van der Waals surface area contributed by atoms with Crippen molar-refractivity contribution >= 4 is 46.2 Å². The molecule has 0 bridgehead atoms. The fourth-order valence-electron chi connectivity index (χ4n) is 3.53. The number of para-hydroxylation sites is 2. The van der Waals surface area contributed by atoms with Gasteiger partial charge in [0.05, 0.1) is 22.8 Å². The number of anilines is 2. The number of ketones is 2. The summed E-state index contributed by atoms with van der Waals surface area (Å²) in [5.74, 6) is -5.83. The Labute approximate surface area is 172 Å². The van der Waals surface area contributed by atoms with Crippen molar-refractivity contribution in [2.75, 3.05) is 10.0 Å². The van der Waals surface area contributed by atoms with Crippen LogP contribution in [0.2, 0.25) is 0 Å². The van der Waals surface area contributed by atoms with E-state index in [0.717, 1.165) is 10.0 Å². The molecule has 2 aliphatic heterocycles. The number of carbonyl (C=O) groups excluding carboxylic acids is 4. The molecule has 0 aliphatic carbocycles. The molecule has 2 amide bonds. The predicted octanol–water partition coefficient (Wildman–Crippen LogP) is 2.20. The molecule has 2 unspecified atom stereocenters. The second kappa shape index (κ2) is 7.47. The lowest BCUT2D eigenvalue weighted by Crippen LogP contribution is -2.43. The molecule has 150 valence electrons. The second-order valence-corrected chi connectivity index (χ2v) is 7.05. The van der Waals surface area contributed by atoms with Gasteiger partial charge in [-0.05, 0) is 38.1 Å². The minimum absolute atomic E-state index is 0.210. The van der Waals surface area contributed by atoms with Crippen LogP contribution in [0.15, 0.2) is 70.9 Å². The van der Waals surface area contributed by atoms with E-state index in [1.54, 1.807) is 60.7 Å². The topological polar surface area (TPSA) is 99.5 Å². The summed E-state index contributed by atoms with van der Waals surface area (Å²) in [5, 5.41) is 10.5. The van der Waals surface area contributed by atoms with Crippen molar-refractivity contribution in [3.05, 3.63) is 60.7 Å². The maximum atomic E-state index is 13.0. The Morgan fingerprint density at radius 2 is 1.00 bits per heavy atom. The number of Topliss-reactive ketones (excluding diaryl/α,β-unsaturated/α-hetero) is 2. The van der Waals surface area contributed by atoms with Gasteiger partial charge in [0.15, 0.2) is 0 Å². The first-order valence-electron chi connectivity index (χ1n) is 9.36. The van der Waals surface area contributed by atoms with E-state index in [4.69, 9.17) is 0 Å². The van der Waals surface area contributed by atoms with Crippen LogP contribution in [0.4, 0.5) is 11.4 Å². The summed E-state index contributed by atoms with van der Waals surface area (Å²) in [6.45, 7) is 3.04. The normalized spacial score (nSPS) is 21.0. The minimum Gasteiger partial charge on any atom is -0.290 e. The smallest absolute Gasteiger partial charge is 0.264 e. The number of hydrogen-bond acceptors (Lipinski definition) is 6. The number of hydrogen-bond donors (Lipinski definition) is 0. The molecule has 0 fully saturated rings. The van der Waals surface area contributed by atoms with Crippen molar-refractivity contribution in [1.82, 2.24) is 0 Å². The van der Waals surface area contributed by atoms with Gasteiger partial charge in [-0.3, -0.25) is 19.2 Å². The Kier molecular flexibility index (Phi) is 4.83. The predicted molar refractivity (Wildman–Crippen MR) is 111 cm³/mol. The fourth-order valence-corrected chi connectivity index (χ4v) is 3.53. The number of carbonyl (C=O) groups is 4. The van der Waals surface area contributed by atoms with Crippen molar-refractivity contribution in [3.8, 4) is 0 Å². The third kappa shape index (κ3) is 3.12. The minimum atomic E-state index is -1.34. The van der Waals surface area contributed by atoms with E-state index in [1.807, 2.05) is 0 Å². The van der Waals surface area contributed by atoms with Gasteiger partial charge in [0.25, 0.3) is 11.8 Å². The largest absolute Gasteiger partial charge is 0.290 e. The Hall–Kier alpha value is -3.94. The van der Waals surface area contributed by atoms with E-state index in [1.165, 1.54) is 13.8 Å². The molecule has 0 saturated carbocycles. The molecule has 2 heterocycles. The Morgan fingerprint density at radius 1 is 0.667 bits per heavy atom. The first-order chi connectivity index (χ1) is 14.4.